The summed E-state index contributed by atoms with van der Waals surface area (Å²) in [5, 5.41) is 11.9. The van der Waals surface area contributed by atoms with E-state index in [0.29, 0.717) is 47.1 Å². The molecule has 8 nitrogen and oxygen atoms in total. The summed E-state index contributed by atoms with van der Waals surface area (Å²) in [7, 11) is 0. The minimum atomic E-state index is -0.761. The molecule has 172 valence electrons. The van der Waals surface area contributed by atoms with Crippen LogP contribution in [0.3, 0.4) is 0 Å². The van der Waals surface area contributed by atoms with E-state index >= 15 is 0 Å². The number of aryl methyl sites for hydroxylation is 2. The van der Waals surface area contributed by atoms with Crippen molar-refractivity contribution in [1.82, 2.24) is 19.3 Å². The second-order valence-corrected chi connectivity index (χ2v) is 8.66. The van der Waals surface area contributed by atoms with E-state index in [-0.39, 0.29) is 11.3 Å². The number of hydrogen-bond acceptors (Lipinski definition) is 4. The highest BCUT2D eigenvalue weighted by atomic mass is 35.5. The molecular weight excluding hydrogens is 454 g/mol. The predicted octanol–water partition coefficient (Wildman–Crippen LogP) is 3.42. The van der Waals surface area contributed by atoms with E-state index in [9.17, 15) is 14.7 Å². The second kappa shape index (κ2) is 8.79. The summed E-state index contributed by atoms with van der Waals surface area (Å²) in [5.74, 6) is -1.61. The average Bonchev–Trinajstić information content (AvgIpc) is 3.51. The normalized spacial score (nSPS) is 17.7. The molecule has 1 saturated heterocycles. The lowest BCUT2D eigenvalue weighted by Crippen LogP contribution is -2.36. The molecule has 1 aromatic carbocycles. The third-order valence-electron chi connectivity index (χ3n) is 6.05. The van der Waals surface area contributed by atoms with E-state index in [1.54, 1.807) is 35.7 Å². The second-order valence-electron chi connectivity index (χ2n) is 8.23. The summed E-state index contributed by atoms with van der Waals surface area (Å²) in [6.45, 7) is 2.77. The van der Waals surface area contributed by atoms with Crippen LogP contribution in [0, 0.1) is 6.92 Å². The predicted molar refractivity (Wildman–Crippen MR) is 126 cm³/mol. The molecule has 4 aromatic rings. The molecule has 1 unspecified atom stereocenters. The minimum absolute atomic E-state index is 0.0373. The largest absolute Gasteiger partial charge is 0.505 e. The molecule has 0 spiro atoms. The number of H-pyrrole nitrogens is 1. The molecule has 1 aliphatic rings. The van der Waals surface area contributed by atoms with Gasteiger partial charge in [-0.25, -0.2) is 9.55 Å². The highest BCUT2D eigenvalue weighted by Gasteiger charge is 2.46. The smallest absolute Gasteiger partial charge is 0.295 e. The Morgan fingerprint density at radius 2 is 2.09 bits per heavy atom. The molecule has 1 fully saturated rings. The lowest BCUT2D eigenvalue weighted by molar-refractivity contribution is -0.695. The van der Waals surface area contributed by atoms with Crippen molar-refractivity contribution in [3.63, 3.8) is 0 Å². The summed E-state index contributed by atoms with van der Waals surface area (Å²) in [6.07, 6.45) is 7.94. The first kappa shape index (κ1) is 21.9. The van der Waals surface area contributed by atoms with Gasteiger partial charge in [0.25, 0.3) is 11.7 Å². The molecule has 9 heteroatoms. The molecule has 0 saturated carbocycles. The molecule has 2 N–H and O–H groups in total. The number of rotatable bonds is 6. The number of carbonyl (C=O) groups is 2. The Bertz CT molecular complexity index is 1420. The summed E-state index contributed by atoms with van der Waals surface area (Å²) in [4.78, 5) is 35.4. The van der Waals surface area contributed by atoms with Crippen LogP contribution in [0.4, 0.5) is 0 Å². The molecule has 5 rings (SSSR count). The van der Waals surface area contributed by atoms with E-state index in [2.05, 4.69) is 9.97 Å². The van der Waals surface area contributed by atoms with Gasteiger partial charge in [0.2, 0.25) is 6.33 Å². The van der Waals surface area contributed by atoms with Crippen LogP contribution in [0.2, 0.25) is 5.02 Å². The van der Waals surface area contributed by atoms with Gasteiger partial charge in [0.1, 0.15) is 23.7 Å². The maximum atomic E-state index is 13.3. The molecular formula is C25H23ClN5O3+. The number of aromatic nitrogens is 4. The lowest BCUT2D eigenvalue weighted by Gasteiger charge is -2.25. The zero-order valence-electron chi connectivity index (χ0n) is 18.5. The number of likely N-dealkylation sites (tertiary alicyclic amines) is 1. The van der Waals surface area contributed by atoms with Crippen LogP contribution in [-0.4, -0.2) is 42.6 Å². The zero-order valence-corrected chi connectivity index (χ0v) is 19.2. The Kier molecular flexibility index (Phi) is 5.67. The van der Waals surface area contributed by atoms with Crippen molar-refractivity contribution in [2.24, 2.45) is 0 Å². The van der Waals surface area contributed by atoms with E-state index in [1.807, 2.05) is 47.6 Å². The molecule has 0 radical (unpaired) electrons. The Morgan fingerprint density at radius 1 is 1.24 bits per heavy atom. The van der Waals surface area contributed by atoms with E-state index < -0.39 is 17.7 Å². The van der Waals surface area contributed by atoms with E-state index in [1.165, 1.54) is 4.90 Å². The number of benzene rings is 1. The van der Waals surface area contributed by atoms with Crippen molar-refractivity contribution in [3.05, 3.63) is 94.9 Å². The van der Waals surface area contributed by atoms with Gasteiger partial charge >= 0.3 is 0 Å². The Balaban J connectivity index is 1.61. The van der Waals surface area contributed by atoms with Crippen LogP contribution in [-0.2, 0) is 16.1 Å². The first-order chi connectivity index (χ1) is 16.5. The Labute approximate surface area is 200 Å². The van der Waals surface area contributed by atoms with Crippen LogP contribution in [0.15, 0.2) is 73.0 Å². The standard InChI is InChI=1S/C25H22ClN5O3/c1-16-21(30-11-3-2-8-19(30)28-16)23(32)20-22(17-6-4-7-18(26)14-17)31(25(34)24(20)33)12-5-10-29-13-9-27-15-29/h2-4,6-9,11,13-15,22H,5,10,12H2,1H3,(H,32,33)/p+1. The summed E-state index contributed by atoms with van der Waals surface area (Å²) < 4.78 is 3.68. The Hall–Kier alpha value is -3.91. The number of imidazole rings is 2. The number of carbonyl (C=O) groups excluding carboxylic acids is 2. The summed E-state index contributed by atoms with van der Waals surface area (Å²) in [6, 6.07) is 11.8. The van der Waals surface area contributed by atoms with Gasteiger partial charge in [0.15, 0.2) is 5.76 Å². The zero-order chi connectivity index (χ0) is 23.8. The van der Waals surface area contributed by atoms with Crippen molar-refractivity contribution >= 4 is 34.7 Å². The fourth-order valence-electron chi connectivity index (χ4n) is 4.54. The topological polar surface area (TPSA) is 94.6 Å². The van der Waals surface area contributed by atoms with Gasteiger partial charge in [0, 0.05) is 24.2 Å². The molecule has 4 heterocycles. The van der Waals surface area contributed by atoms with Crippen molar-refractivity contribution in [2.75, 3.05) is 6.54 Å². The van der Waals surface area contributed by atoms with Gasteiger partial charge in [-0.3, -0.25) is 19.0 Å². The maximum Gasteiger partial charge on any atom is 0.295 e. The van der Waals surface area contributed by atoms with Crippen LogP contribution >= 0.6 is 11.6 Å². The number of amides is 1. The van der Waals surface area contributed by atoms with Crippen molar-refractivity contribution < 1.29 is 19.3 Å². The number of nitrogens with zero attached hydrogens (tertiary/aromatic N) is 4. The van der Waals surface area contributed by atoms with E-state index in [4.69, 9.17) is 11.6 Å². The highest BCUT2D eigenvalue weighted by molar-refractivity contribution is 6.46. The van der Waals surface area contributed by atoms with Gasteiger partial charge < -0.3 is 10.0 Å². The molecule has 1 amide bonds. The average molecular weight is 477 g/mol. The quantitative estimate of drug-likeness (QED) is 0.193. The van der Waals surface area contributed by atoms with Crippen LogP contribution in [0.1, 0.15) is 29.4 Å². The minimum Gasteiger partial charge on any atom is -0.505 e. The SMILES string of the molecule is Cc1nc2ccccn2c1C(O)=C1C(=O)C(=O)N(CCC[n+]2cc[nH]c2)C1c1cccc(Cl)c1. The number of pyridine rings is 1. The van der Waals surface area contributed by atoms with Crippen molar-refractivity contribution in [3.8, 4) is 0 Å². The lowest BCUT2D eigenvalue weighted by atomic mass is 9.96. The monoisotopic (exact) mass is 476 g/mol. The third-order valence-corrected chi connectivity index (χ3v) is 6.29. The molecule has 0 bridgehead atoms. The van der Waals surface area contributed by atoms with Gasteiger partial charge in [0.05, 0.1) is 23.9 Å². The number of aliphatic hydroxyl groups excluding tert-OH is 1. The van der Waals surface area contributed by atoms with Gasteiger partial charge in [-0.05, 0) is 36.8 Å². The fourth-order valence-corrected chi connectivity index (χ4v) is 4.74. The molecule has 1 aliphatic heterocycles. The van der Waals surface area contributed by atoms with Crippen molar-refractivity contribution in [1.29, 1.82) is 0 Å². The number of nitrogens with one attached hydrogen (secondary N) is 1. The first-order valence-corrected chi connectivity index (χ1v) is 11.3. The summed E-state index contributed by atoms with van der Waals surface area (Å²) in [5.41, 5.74) is 2.29. The number of Topliss-reactive ketones (excluding diaryl/α,β-unsaturated/α-hetero) is 1. The van der Waals surface area contributed by atoms with Gasteiger partial charge in [-0.1, -0.05) is 29.8 Å². The number of aliphatic hydroxyl groups is 1. The maximum absolute atomic E-state index is 13.3. The number of fused-ring (bicyclic) bond motifs is 1. The third kappa shape index (κ3) is 3.76. The van der Waals surface area contributed by atoms with E-state index in [0.717, 1.165) is 0 Å². The molecule has 3 aromatic heterocycles. The number of aromatic amines is 1. The van der Waals surface area contributed by atoms with Gasteiger partial charge in [-0.15, -0.1) is 0 Å². The van der Waals surface area contributed by atoms with Crippen LogP contribution in [0.25, 0.3) is 11.4 Å². The molecule has 34 heavy (non-hydrogen) atoms. The van der Waals surface area contributed by atoms with Crippen LogP contribution in [0.5, 0.6) is 0 Å². The van der Waals surface area contributed by atoms with Gasteiger partial charge in [-0.2, -0.15) is 0 Å². The summed E-state index contributed by atoms with van der Waals surface area (Å²) >= 11 is 6.26. The van der Waals surface area contributed by atoms with Crippen LogP contribution < -0.4 is 4.57 Å². The number of ketones is 1. The molecule has 0 aliphatic carbocycles. The van der Waals surface area contributed by atoms with Crippen molar-refractivity contribution in [2.45, 2.75) is 25.9 Å². The number of hydrogen-bond donors (Lipinski definition) is 2. The Morgan fingerprint density at radius 3 is 2.85 bits per heavy atom. The first-order valence-electron chi connectivity index (χ1n) is 11.0. The number of halogens is 1. The fraction of sp³-hybridized carbons (Fsp3) is 0.200. The highest BCUT2D eigenvalue weighted by Crippen LogP contribution is 2.40. The molecule has 1 atom stereocenters.